The first-order valence-electron chi connectivity index (χ1n) is 12.5. The Morgan fingerprint density at radius 1 is 0.743 bits per heavy atom. The normalized spacial score (nSPS) is 20.9. The average molecular weight is 507 g/mol. The highest BCUT2D eigenvalue weighted by Gasteiger charge is 2.56. The van der Waals surface area contributed by atoms with Crippen molar-refractivity contribution in [2.24, 2.45) is 0 Å². The minimum Gasteiger partial charge on any atom is -0.347 e. The van der Waals surface area contributed by atoms with E-state index in [4.69, 9.17) is 19.4 Å². The van der Waals surface area contributed by atoms with Gasteiger partial charge in [0.1, 0.15) is 0 Å². The number of hydrogen-bond acceptors (Lipinski definition) is 4. The molecule has 1 aromatic carbocycles. The summed E-state index contributed by atoms with van der Waals surface area (Å²) in [6.45, 7) is 11.2. The molecule has 35 heavy (non-hydrogen) atoms. The van der Waals surface area contributed by atoms with Gasteiger partial charge in [-0.05, 0) is 51.9 Å². The molecule has 3 aromatic rings. The van der Waals surface area contributed by atoms with Crippen molar-refractivity contribution in [1.82, 2.24) is 9.97 Å². The molecule has 0 atom stereocenters. The zero-order valence-corrected chi connectivity index (χ0v) is 23.1. The first-order valence-corrected chi connectivity index (χ1v) is 15.6. The fraction of sp³-hybridized carbons (Fsp3) is 0.448. The largest absolute Gasteiger partial charge is 0.347 e. The molecule has 5 rings (SSSR count). The highest BCUT2D eigenvalue weighted by Crippen LogP contribution is 2.70. The van der Waals surface area contributed by atoms with E-state index in [1.54, 1.807) is 0 Å². The Morgan fingerprint density at radius 3 is 1.77 bits per heavy atom. The fourth-order valence-electron chi connectivity index (χ4n) is 6.03. The van der Waals surface area contributed by atoms with Gasteiger partial charge in [0.15, 0.2) is 5.79 Å². The van der Waals surface area contributed by atoms with Gasteiger partial charge in [-0.2, -0.15) is 0 Å². The lowest BCUT2D eigenvalue weighted by Gasteiger charge is -2.55. The van der Waals surface area contributed by atoms with Crippen LogP contribution in [0.25, 0.3) is 0 Å². The smallest absolute Gasteiger partial charge is 0.170 e. The maximum Gasteiger partial charge on any atom is 0.170 e. The Balaban J connectivity index is 1.45. The van der Waals surface area contributed by atoms with Gasteiger partial charge in [-0.15, -0.1) is 0 Å². The van der Waals surface area contributed by atoms with Crippen LogP contribution in [0.1, 0.15) is 51.7 Å². The van der Waals surface area contributed by atoms with E-state index in [0.29, 0.717) is 0 Å². The molecule has 0 saturated carbocycles. The van der Waals surface area contributed by atoms with E-state index in [9.17, 15) is 0 Å². The Hall–Kier alpha value is -1.70. The standard InChI is InChI=1S/C29H36N2O2P2/c1-27(2)21-29(32-17-18-33-29)22-28(3,4)35(27)20-24-12-6-5-11-23(24)19-34(25-13-7-9-15-30-25)26-14-8-10-16-31-26/h5-16H,17-22H2,1-4H3. The molecule has 2 aliphatic rings. The van der Waals surface area contributed by atoms with Crippen molar-refractivity contribution in [3.63, 3.8) is 0 Å². The molecule has 2 aromatic heterocycles. The van der Waals surface area contributed by atoms with Crippen LogP contribution in [-0.4, -0.2) is 39.3 Å². The van der Waals surface area contributed by atoms with Gasteiger partial charge in [-0.25, -0.2) is 0 Å². The van der Waals surface area contributed by atoms with E-state index >= 15 is 0 Å². The first kappa shape index (κ1) is 25.0. The lowest BCUT2D eigenvalue weighted by atomic mass is 9.91. The van der Waals surface area contributed by atoms with Crippen LogP contribution in [-0.2, 0) is 21.8 Å². The highest BCUT2D eigenvalue weighted by atomic mass is 31.1. The van der Waals surface area contributed by atoms with Gasteiger partial charge in [0.25, 0.3) is 0 Å². The van der Waals surface area contributed by atoms with Crippen molar-refractivity contribution in [1.29, 1.82) is 0 Å². The lowest BCUT2D eigenvalue weighted by molar-refractivity contribution is -0.178. The molecule has 0 radical (unpaired) electrons. The highest BCUT2D eigenvalue weighted by molar-refractivity contribution is 7.71. The Bertz CT molecular complexity index is 1070. The number of hydrogen-bond donors (Lipinski definition) is 0. The second-order valence-corrected chi connectivity index (χ2v) is 16.6. The topological polar surface area (TPSA) is 44.2 Å². The predicted octanol–water partition coefficient (Wildman–Crippen LogP) is 6.19. The molecule has 0 aliphatic carbocycles. The van der Waals surface area contributed by atoms with E-state index < -0.39 is 13.7 Å². The van der Waals surface area contributed by atoms with Gasteiger partial charge < -0.3 is 9.47 Å². The van der Waals surface area contributed by atoms with Gasteiger partial charge in [-0.1, -0.05) is 72.0 Å². The third kappa shape index (κ3) is 5.37. The molecule has 0 N–H and O–H groups in total. The molecule has 4 nitrogen and oxygen atoms in total. The van der Waals surface area contributed by atoms with Crippen LogP contribution >= 0.6 is 15.8 Å². The monoisotopic (exact) mass is 506 g/mol. The third-order valence-electron chi connectivity index (χ3n) is 7.31. The van der Waals surface area contributed by atoms with Gasteiger partial charge in [0.05, 0.1) is 24.1 Å². The molecule has 0 unspecified atom stereocenters. The van der Waals surface area contributed by atoms with E-state index in [1.165, 1.54) is 11.1 Å². The van der Waals surface area contributed by atoms with E-state index in [2.05, 4.69) is 76.2 Å². The second kappa shape index (κ2) is 9.98. The molecular weight excluding hydrogens is 470 g/mol. The summed E-state index contributed by atoms with van der Waals surface area (Å²) in [7, 11) is -0.992. The quantitative estimate of drug-likeness (QED) is 0.374. The first-order chi connectivity index (χ1) is 16.8. The van der Waals surface area contributed by atoms with Crippen LogP contribution in [0.4, 0.5) is 0 Å². The van der Waals surface area contributed by atoms with E-state index in [0.717, 1.165) is 49.2 Å². The van der Waals surface area contributed by atoms with Crippen LogP contribution in [0, 0.1) is 0 Å². The van der Waals surface area contributed by atoms with Crippen LogP contribution in [0.15, 0.2) is 73.1 Å². The van der Waals surface area contributed by atoms with Crippen LogP contribution < -0.4 is 10.9 Å². The average Bonchev–Trinajstić information content (AvgIpc) is 3.27. The number of rotatable bonds is 6. The van der Waals surface area contributed by atoms with Crippen molar-refractivity contribution in [3.8, 4) is 0 Å². The van der Waals surface area contributed by atoms with Crippen molar-refractivity contribution in [2.75, 3.05) is 13.2 Å². The van der Waals surface area contributed by atoms with Crippen molar-refractivity contribution >= 4 is 26.7 Å². The maximum absolute atomic E-state index is 6.20. The molecule has 6 heteroatoms. The Morgan fingerprint density at radius 2 is 1.26 bits per heavy atom. The number of benzene rings is 1. The summed E-state index contributed by atoms with van der Waals surface area (Å²) >= 11 is 0. The zero-order valence-electron chi connectivity index (χ0n) is 21.3. The van der Waals surface area contributed by atoms with Crippen molar-refractivity contribution < 1.29 is 9.47 Å². The van der Waals surface area contributed by atoms with E-state index in [1.807, 2.05) is 24.5 Å². The zero-order chi connectivity index (χ0) is 24.5. The molecule has 2 saturated heterocycles. The fourth-order valence-corrected chi connectivity index (χ4v) is 12.2. The Labute approximate surface area is 212 Å². The summed E-state index contributed by atoms with van der Waals surface area (Å²) in [5.41, 5.74) is 5.18. The summed E-state index contributed by atoms with van der Waals surface area (Å²) in [4.78, 5) is 9.50. The number of ether oxygens (including phenoxy) is 2. The molecule has 1 spiro atoms. The predicted molar refractivity (Wildman–Crippen MR) is 147 cm³/mol. The van der Waals surface area contributed by atoms with Gasteiger partial charge in [0, 0.05) is 39.3 Å². The summed E-state index contributed by atoms with van der Waals surface area (Å²) in [6.07, 6.45) is 7.84. The minimum absolute atomic E-state index is 0.168. The molecule has 0 bridgehead atoms. The van der Waals surface area contributed by atoms with Crippen LogP contribution in [0.3, 0.4) is 0 Å². The third-order valence-corrected chi connectivity index (χ3v) is 13.5. The summed E-state index contributed by atoms with van der Waals surface area (Å²) in [6, 6.07) is 21.5. The van der Waals surface area contributed by atoms with Crippen molar-refractivity contribution in [3.05, 3.63) is 84.2 Å². The van der Waals surface area contributed by atoms with Crippen molar-refractivity contribution in [2.45, 2.75) is 69.0 Å². The summed E-state index contributed by atoms with van der Waals surface area (Å²) in [5, 5.41) is 0.336. The van der Waals surface area contributed by atoms with E-state index in [-0.39, 0.29) is 18.2 Å². The summed E-state index contributed by atoms with van der Waals surface area (Å²) in [5.74, 6) is -0.391. The van der Waals surface area contributed by atoms with Gasteiger partial charge in [-0.3, -0.25) is 9.97 Å². The summed E-state index contributed by atoms with van der Waals surface area (Å²) < 4.78 is 12.4. The number of aromatic nitrogens is 2. The Kier molecular flexibility index (Phi) is 7.12. The SMILES string of the molecule is CC1(C)CC2(CC(C)(C)P1Cc1ccccc1CP(c1ccccn1)c1ccccn1)OCCO2. The maximum atomic E-state index is 6.20. The van der Waals surface area contributed by atoms with Gasteiger partial charge in [0.2, 0.25) is 0 Å². The minimum atomic E-state index is -0.682. The molecule has 2 aliphatic heterocycles. The number of pyridine rings is 2. The van der Waals surface area contributed by atoms with Crippen LogP contribution in [0.2, 0.25) is 0 Å². The molecule has 184 valence electrons. The molecular formula is C29H36N2O2P2. The van der Waals surface area contributed by atoms with Gasteiger partial charge >= 0.3 is 0 Å². The second-order valence-electron chi connectivity index (χ2n) is 10.9. The van der Waals surface area contributed by atoms with Crippen LogP contribution in [0.5, 0.6) is 0 Å². The molecule has 0 amide bonds. The molecule has 4 heterocycles. The lowest BCUT2D eigenvalue weighted by Crippen LogP contribution is -2.50. The molecule has 2 fully saturated rings. The number of nitrogens with zero attached hydrogens (tertiary/aromatic N) is 2.